The number of rotatable bonds is 3. The van der Waals surface area contributed by atoms with E-state index in [4.69, 9.17) is 0 Å². The van der Waals surface area contributed by atoms with Crippen molar-refractivity contribution in [1.29, 1.82) is 0 Å². The molecule has 8 nitrogen and oxygen atoms in total. The van der Waals surface area contributed by atoms with Gasteiger partial charge in [-0.25, -0.2) is 15.0 Å². The monoisotopic (exact) mass is 418 g/mol. The second-order valence-electron chi connectivity index (χ2n) is 9.87. The first-order valence-electron chi connectivity index (χ1n) is 11.3. The predicted molar refractivity (Wildman–Crippen MR) is 112 cm³/mol. The zero-order valence-corrected chi connectivity index (χ0v) is 17.5. The van der Waals surface area contributed by atoms with Gasteiger partial charge in [-0.2, -0.15) is 0 Å². The van der Waals surface area contributed by atoms with E-state index in [1.807, 2.05) is 0 Å². The molecule has 3 heterocycles. The van der Waals surface area contributed by atoms with Crippen LogP contribution in [-0.4, -0.2) is 43.2 Å². The Balaban J connectivity index is 1.21. The Morgan fingerprint density at radius 2 is 1.74 bits per heavy atom. The highest BCUT2D eigenvalue weighted by Gasteiger charge is 2.54. The molecule has 0 radical (unpaired) electrons. The largest absolute Gasteiger partial charge is 0.331 e. The second-order valence-corrected chi connectivity index (χ2v) is 9.87. The van der Waals surface area contributed by atoms with E-state index in [9.17, 15) is 9.59 Å². The molecule has 7 rings (SSSR count). The lowest BCUT2D eigenvalue weighted by Gasteiger charge is -2.55. The van der Waals surface area contributed by atoms with Crippen molar-refractivity contribution in [3.05, 3.63) is 41.9 Å². The number of carbonyl (C=O) groups excluding carboxylic acids is 2. The molecule has 0 saturated heterocycles. The fourth-order valence-electron chi connectivity index (χ4n) is 6.84. The van der Waals surface area contributed by atoms with Gasteiger partial charge in [0.05, 0.1) is 23.9 Å². The first kappa shape index (κ1) is 18.8. The fraction of sp³-hybridized carbons (Fsp3) is 0.565. The standard InChI is InChI=1S/C23H26N6O2/c30-21(18-11-24-2-3-25-18)29-4-1-17-19(12-29)26-13-27-20(17)28-22(31)23-8-14-5-15(9-23)7-16(6-14)10-23/h2-3,11,13-16H,1,4-10,12H2,(H,26,27,28,31). The normalized spacial score (nSPS) is 30.7. The molecule has 4 fully saturated rings. The number of hydrogen-bond acceptors (Lipinski definition) is 6. The molecule has 2 aromatic heterocycles. The van der Waals surface area contributed by atoms with Crippen molar-refractivity contribution in [3.8, 4) is 0 Å². The van der Waals surface area contributed by atoms with Crippen molar-refractivity contribution in [1.82, 2.24) is 24.8 Å². The Labute approximate surface area is 180 Å². The number of carbonyl (C=O) groups is 2. The number of nitrogens with one attached hydrogen (secondary N) is 1. The van der Waals surface area contributed by atoms with Crippen molar-refractivity contribution in [2.75, 3.05) is 11.9 Å². The van der Waals surface area contributed by atoms with Crippen molar-refractivity contribution >= 4 is 17.6 Å². The van der Waals surface area contributed by atoms with E-state index in [1.165, 1.54) is 38.0 Å². The van der Waals surface area contributed by atoms with Crippen LogP contribution in [0.2, 0.25) is 0 Å². The summed E-state index contributed by atoms with van der Waals surface area (Å²) >= 11 is 0. The Morgan fingerprint density at radius 1 is 1.00 bits per heavy atom. The molecule has 4 bridgehead atoms. The van der Waals surface area contributed by atoms with Gasteiger partial charge >= 0.3 is 0 Å². The van der Waals surface area contributed by atoms with E-state index in [-0.39, 0.29) is 17.2 Å². The first-order chi connectivity index (χ1) is 15.1. The van der Waals surface area contributed by atoms with Crippen molar-refractivity contribution in [3.63, 3.8) is 0 Å². The Morgan fingerprint density at radius 3 is 2.42 bits per heavy atom. The number of aromatic nitrogens is 4. The van der Waals surface area contributed by atoms with E-state index in [0.29, 0.717) is 31.0 Å². The van der Waals surface area contributed by atoms with E-state index >= 15 is 0 Å². The van der Waals surface area contributed by atoms with Crippen LogP contribution in [0.15, 0.2) is 24.9 Å². The van der Waals surface area contributed by atoms with Gasteiger partial charge in [-0.15, -0.1) is 0 Å². The lowest BCUT2D eigenvalue weighted by Crippen LogP contribution is -2.52. The molecular weight excluding hydrogens is 392 g/mol. The maximum Gasteiger partial charge on any atom is 0.274 e. The van der Waals surface area contributed by atoms with Gasteiger partial charge in [0.2, 0.25) is 5.91 Å². The zero-order chi connectivity index (χ0) is 21.0. The minimum absolute atomic E-state index is 0.144. The summed E-state index contributed by atoms with van der Waals surface area (Å²) in [5, 5.41) is 3.19. The number of fused-ring (bicyclic) bond motifs is 1. The van der Waals surface area contributed by atoms with Crippen LogP contribution in [0.5, 0.6) is 0 Å². The summed E-state index contributed by atoms with van der Waals surface area (Å²) in [7, 11) is 0. The maximum absolute atomic E-state index is 13.5. The van der Waals surface area contributed by atoms with Crippen LogP contribution in [0, 0.1) is 23.2 Å². The Hall–Kier alpha value is -2.90. The number of hydrogen-bond donors (Lipinski definition) is 1. The van der Waals surface area contributed by atoms with Crippen molar-refractivity contribution in [2.45, 2.75) is 51.5 Å². The molecule has 2 amide bonds. The Kier molecular flexibility index (Phi) is 4.30. The third-order valence-corrected chi connectivity index (χ3v) is 7.83. The Bertz CT molecular complexity index is 1000. The highest BCUT2D eigenvalue weighted by atomic mass is 16.2. The molecule has 2 aromatic rings. The SMILES string of the molecule is O=C(c1cnccn1)N1CCc2c(ncnc2NC(=O)C23CC4CC(CC(C4)C2)C3)C1. The van der Waals surface area contributed by atoms with Gasteiger partial charge in [0.1, 0.15) is 17.8 Å². The summed E-state index contributed by atoms with van der Waals surface area (Å²) in [6.07, 6.45) is 13.7. The highest BCUT2D eigenvalue weighted by molar-refractivity contribution is 5.96. The number of nitrogens with zero attached hydrogens (tertiary/aromatic N) is 5. The molecule has 0 spiro atoms. The molecule has 31 heavy (non-hydrogen) atoms. The fourth-order valence-corrected chi connectivity index (χ4v) is 6.84. The molecule has 1 N–H and O–H groups in total. The van der Waals surface area contributed by atoms with Gasteiger partial charge in [-0.1, -0.05) is 0 Å². The number of anilines is 1. The van der Waals surface area contributed by atoms with Crippen molar-refractivity contribution in [2.24, 2.45) is 23.2 Å². The van der Waals surface area contributed by atoms with Gasteiger partial charge in [-0.05, 0) is 62.7 Å². The third kappa shape index (κ3) is 3.20. The lowest BCUT2D eigenvalue weighted by atomic mass is 9.49. The minimum atomic E-state index is -0.213. The van der Waals surface area contributed by atoms with Gasteiger partial charge in [0.15, 0.2) is 0 Å². The van der Waals surface area contributed by atoms with E-state index in [2.05, 4.69) is 25.3 Å². The van der Waals surface area contributed by atoms with Crippen LogP contribution in [0.25, 0.3) is 0 Å². The molecule has 0 aromatic carbocycles. The van der Waals surface area contributed by atoms with Crippen LogP contribution in [0.3, 0.4) is 0 Å². The zero-order valence-electron chi connectivity index (χ0n) is 17.5. The van der Waals surface area contributed by atoms with Crippen LogP contribution in [-0.2, 0) is 17.8 Å². The van der Waals surface area contributed by atoms with Gasteiger partial charge in [0, 0.05) is 24.5 Å². The molecule has 8 heteroatoms. The van der Waals surface area contributed by atoms with E-state index < -0.39 is 0 Å². The molecule has 160 valence electrons. The van der Waals surface area contributed by atoms with Crippen LogP contribution >= 0.6 is 0 Å². The summed E-state index contributed by atoms with van der Waals surface area (Å²) in [5.74, 6) is 2.77. The third-order valence-electron chi connectivity index (χ3n) is 7.83. The minimum Gasteiger partial charge on any atom is -0.331 e. The summed E-state index contributed by atoms with van der Waals surface area (Å²) in [4.78, 5) is 44.9. The highest BCUT2D eigenvalue weighted by Crippen LogP contribution is 2.60. The first-order valence-corrected chi connectivity index (χ1v) is 11.3. The topological polar surface area (TPSA) is 101 Å². The quantitative estimate of drug-likeness (QED) is 0.822. The second kappa shape index (κ2) is 7.07. The van der Waals surface area contributed by atoms with Gasteiger partial charge < -0.3 is 10.2 Å². The van der Waals surface area contributed by atoms with Gasteiger partial charge in [0.25, 0.3) is 5.91 Å². The molecule has 0 atom stereocenters. The number of amides is 2. The van der Waals surface area contributed by atoms with Crippen molar-refractivity contribution < 1.29 is 9.59 Å². The molecule has 4 saturated carbocycles. The van der Waals surface area contributed by atoms with E-state index in [0.717, 1.165) is 48.3 Å². The lowest BCUT2D eigenvalue weighted by molar-refractivity contribution is -0.140. The molecule has 0 unspecified atom stereocenters. The van der Waals surface area contributed by atoms with Crippen LogP contribution in [0.4, 0.5) is 5.82 Å². The average molecular weight is 419 g/mol. The van der Waals surface area contributed by atoms with Crippen LogP contribution < -0.4 is 5.32 Å². The summed E-state index contributed by atoms with van der Waals surface area (Å²) in [5.41, 5.74) is 1.85. The summed E-state index contributed by atoms with van der Waals surface area (Å²) < 4.78 is 0. The summed E-state index contributed by atoms with van der Waals surface area (Å²) in [6.45, 7) is 0.920. The maximum atomic E-state index is 13.5. The summed E-state index contributed by atoms with van der Waals surface area (Å²) in [6, 6.07) is 0. The molecule has 1 aliphatic heterocycles. The van der Waals surface area contributed by atoms with Crippen LogP contribution in [0.1, 0.15) is 60.3 Å². The van der Waals surface area contributed by atoms with Gasteiger partial charge in [-0.3, -0.25) is 14.6 Å². The average Bonchev–Trinajstić information content (AvgIpc) is 2.78. The molecule has 5 aliphatic rings. The smallest absolute Gasteiger partial charge is 0.274 e. The molecule has 4 aliphatic carbocycles. The van der Waals surface area contributed by atoms with E-state index in [1.54, 1.807) is 11.1 Å². The predicted octanol–water partition coefficient (Wildman–Crippen LogP) is 2.62. The molecular formula is C23H26N6O2.